The maximum Gasteiger partial charge on any atom is 0.265 e. The quantitative estimate of drug-likeness (QED) is 0.729. The van der Waals surface area contributed by atoms with Gasteiger partial charge in [0.2, 0.25) is 0 Å². The third-order valence-electron chi connectivity index (χ3n) is 5.38. The maximum absolute atomic E-state index is 14.6. The summed E-state index contributed by atoms with van der Waals surface area (Å²) in [6.07, 6.45) is 5.99. The minimum atomic E-state index is -4.01. The summed E-state index contributed by atoms with van der Waals surface area (Å²) in [5, 5.41) is 4.97. The van der Waals surface area contributed by atoms with Crippen LogP contribution in [0.5, 0.6) is 0 Å². The van der Waals surface area contributed by atoms with Gasteiger partial charge in [-0.2, -0.15) is 0 Å². The van der Waals surface area contributed by atoms with Crippen molar-refractivity contribution in [2.75, 3.05) is 29.7 Å². The summed E-state index contributed by atoms with van der Waals surface area (Å²) in [6, 6.07) is 2.30. The Hall–Kier alpha value is -1.42. The second kappa shape index (κ2) is 7.20. The van der Waals surface area contributed by atoms with Gasteiger partial charge in [0.15, 0.2) is 5.13 Å². The molecule has 0 atom stereocenters. The first-order valence-corrected chi connectivity index (χ1v) is 11.5. The highest BCUT2D eigenvalue weighted by atomic mass is 35.5. The van der Waals surface area contributed by atoms with Crippen molar-refractivity contribution >= 4 is 43.8 Å². The van der Waals surface area contributed by atoms with Gasteiger partial charge in [-0.3, -0.25) is 9.62 Å². The molecule has 2 N–H and O–H groups in total. The number of aromatic nitrogens is 1. The van der Waals surface area contributed by atoms with Crippen molar-refractivity contribution in [3.63, 3.8) is 0 Å². The average Bonchev–Trinajstić information content (AvgIpc) is 3.31. The van der Waals surface area contributed by atoms with E-state index in [1.807, 2.05) is 0 Å². The van der Waals surface area contributed by atoms with Gasteiger partial charge in [0.25, 0.3) is 10.0 Å². The van der Waals surface area contributed by atoms with Crippen molar-refractivity contribution in [2.45, 2.75) is 36.1 Å². The number of anilines is 2. The van der Waals surface area contributed by atoms with Gasteiger partial charge in [-0.05, 0) is 50.9 Å². The van der Waals surface area contributed by atoms with E-state index in [9.17, 15) is 12.8 Å². The van der Waals surface area contributed by atoms with Gasteiger partial charge in [0.05, 0.1) is 10.7 Å². The summed E-state index contributed by atoms with van der Waals surface area (Å²) in [5.41, 5.74) is 0.303. The Morgan fingerprint density at radius 3 is 2.70 bits per heavy atom. The van der Waals surface area contributed by atoms with Gasteiger partial charge in [0, 0.05) is 23.7 Å². The fraction of sp³-hybridized carbons (Fsp3) is 0.471. The largest absolute Gasteiger partial charge is 0.381 e. The molecule has 2 fully saturated rings. The third kappa shape index (κ3) is 3.65. The van der Waals surface area contributed by atoms with Gasteiger partial charge >= 0.3 is 0 Å². The summed E-state index contributed by atoms with van der Waals surface area (Å²) in [4.78, 5) is 6.04. The number of nitrogens with one attached hydrogen (secondary N) is 2. The van der Waals surface area contributed by atoms with Crippen LogP contribution in [0.3, 0.4) is 0 Å². The van der Waals surface area contributed by atoms with Crippen LogP contribution in [0.1, 0.15) is 25.7 Å². The second-order valence-electron chi connectivity index (χ2n) is 6.98. The predicted octanol–water partition coefficient (Wildman–Crippen LogP) is 3.78. The van der Waals surface area contributed by atoms with Gasteiger partial charge in [-0.1, -0.05) is 11.6 Å². The molecular weight excluding hydrogens is 411 g/mol. The van der Waals surface area contributed by atoms with Crippen LogP contribution in [0.15, 0.2) is 28.6 Å². The van der Waals surface area contributed by atoms with Crippen LogP contribution < -0.4 is 10.0 Å². The van der Waals surface area contributed by atoms with Crippen molar-refractivity contribution in [2.24, 2.45) is 0 Å². The van der Waals surface area contributed by atoms with E-state index in [2.05, 4.69) is 19.9 Å². The zero-order valence-electron chi connectivity index (χ0n) is 14.5. The fourth-order valence-corrected chi connectivity index (χ4v) is 6.42. The monoisotopic (exact) mass is 430 g/mol. The molecule has 6 nitrogen and oxygen atoms in total. The Morgan fingerprint density at radius 1 is 1.30 bits per heavy atom. The van der Waals surface area contributed by atoms with E-state index < -0.39 is 15.8 Å². The SMILES string of the molecule is O=S(=O)(Nc1nccs1)c1cc(F)c(NCC23CCCN2CCC3)cc1Cl. The molecule has 146 valence electrons. The molecule has 0 aliphatic carbocycles. The predicted molar refractivity (Wildman–Crippen MR) is 106 cm³/mol. The van der Waals surface area contributed by atoms with Gasteiger partial charge in [-0.15, -0.1) is 11.3 Å². The molecular formula is C17H20ClFN4O2S2. The molecule has 2 aliphatic heterocycles. The van der Waals surface area contributed by atoms with Crippen molar-refractivity contribution in [1.29, 1.82) is 0 Å². The highest BCUT2D eigenvalue weighted by molar-refractivity contribution is 7.93. The van der Waals surface area contributed by atoms with Crippen LogP contribution in [0.4, 0.5) is 15.2 Å². The van der Waals surface area contributed by atoms with Crippen molar-refractivity contribution < 1.29 is 12.8 Å². The van der Waals surface area contributed by atoms with E-state index in [1.165, 1.54) is 12.3 Å². The maximum atomic E-state index is 14.6. The number of thiazole rings is 1. The zero-order valence-corrected chi connectivity index (χ0v) is 16.9. The topological polar surface area (TPSA) is 74.3 Å². The molecule has 3 heterocycles. The standard InChI is InChI=1S/C17H20ClFN4O2S2/c18-12-9-14(21-11-17-3-1-6-23(17)7-2-4-17)13(19)10-15(12)27(24,25)22-16-20-5-8-26-16/h5,8-10,21H,1-4,6-7,11H2,(H,20,22). The number of fused-ring (bicyclic) bond motifs is 1. The summed E-state index contributed by atoms with van der Waals surface area (Å²) in [7, 11) is -4.01. The van der Waals surface area contributed by atoms with Crippen molar-refractivity contribution in [3.05, 3.63) is 34.5 Å². The molecule has 10 heteroatoms. The molecule has 2 aromatic rings. The van der Waals surface area contributed by atoms with Crippen molar-refractivity contribution in [1.82, 2.24) is 9.88 Å². The van der Waals surface area contributed by atoms with Gasteiger partial charge in [0.1, 0.15) is 10.7 Å². The zero-order chi connectivity index (χ0) is 19.1. The number of nitrogens with zero attached hydrogens (tertiary/aromatic N) is 2. The first-order chi connectivity index (χ1) is 12.9. The lowest BCUT2D eigenvalue weighted by atomic mass is 9.94. The van der Waals surface area contributed by atoms with Crippen LogP contribution >= 0.6 is 22.9 Å². The van der Waals surface area contributed by atoms with Crippen LogP contribution in [0.25, 0.3) is 0 Å². The van der Waals surface area contributed by atoms with E-state index in [0.29, 0.717) is 6.54 Å². The van der Waals surface area contributed by atoms with Crippen LogP contribution in [0, 0.1) is 5.82 Å². The normalized spacial score (nSPS) is 19.2. The van der Waals surface area contributed by atoms with Crippen LogP contribution in [0.2, 0.25) is 5.02 Å². The van der Waals surface area contributed by atoms with Crippen LogP contribution in [-0.4, -0.2) is 43.5 Å². The molecule has 0 radical (unpaired) electrons. The molecule has 0 amide bonds. The minimum Gasteiger partial charge on any atom is -0.381 e. The Kier molecular flexibility index (Phi) is 5.04. The number of rotatable bonds is 6. The molecule has 27 heavy (non-hydrogen) atoms. The fourth-order valence-electron chi connectivity index (χ4n) is 4.09. The lowest BCUT2D eigenvalue weighted by Crippen LogP contribution is -2.44. The smallest absolute Gasteiger partial charge is 0.265 e. The molecule has 1 aromatic heterocycles. The van der Waals surface area contributed by atoms with E-state index in [1.54, 1.807) is 5.38 Å². The van der Waals surface area contributed by atoms with E-state index in [-0.39, 0.29) is 26.3 Å². The Labute approximate surface area is 166 Å². The Morgan fingerprint density at radius 2 is 2.04 bits per heavy atom. The highest BCUT2D eigenvalue weighted by Crippen LogP contribution is 2.39. The van der Waals surface area contributed by atoms with Crippen molar-refractivity contribution in [3.8, 4) is 0 Å². The Balaban J connectivity index is 1.53. The first kappa shape index (κ1) is 18.9. The molecule has 2 aliphatic rings. The molecule has 2 saturated heterocycles. The lowest BCUT2D eigenvalue weighted by Gasteiger charge is -2.32. The molecule has 0 spiro atoms. The average molecular weight is 431 g/mol. The minimum absolute atomic E-state index is 0.0323. The number of halogens is 2. The summed E-state index contributed by atoms with van der Waals surface area (Å²) in [6.45, 7) is 2.80. The molecule has 4 rings (SSSR count). The summed E-state index contributed by atoms with van der Waals surface area (Å²) >= 11 is 7.31. The summed E-state index contributed by atoms with van der Waals surface area (Å²) < 4.78 is 41.9. The van der Waals surface area contributed by atoms with Crippen LogP contribution in [-0.2, 0) is 10.0 Å². The molecule has 1 aromatic carbocycles. The van der Waals surface area contributed by atoms with Gasteiger partial charge in [-0.25, -0.2) is 17.8 Å². The summed E-state index contributed by atoms with van der Waals surface area (Å²) in [5.74, 6) is -0.641. The lowest BCUT2D eigenvalue weighted by molar-refractivity contribution is 0.209. The first-order valence-electron chi connectivity index (χ1n) is 8.80. The molecule has 0 saturated carbocycles. The van der Waals surface area contributed by atoms with Gasteiger partial charge < -0.3 is 5.32 Å². The molecule has 0 bridgehead atoms. The highest BCUT2D eigenvalue weighted by Gasteiger charge is 2.43. The third-order valence-corrected chi connectivity index (χ3v) is 8.01. The van der Waals surface area contributed by atoms with E-state index >= 15 is 0 Å². The molecule has 0 unspecified atom stereocenters. The van der Waals surface area contributed by atoms with E-state index in [4.69, 9.17) is 11.6 Å². The second-order valence-corrected chi connectivity index (χ2v) is 9.93. The number of hydrogen-bond acceptors (Lipinski definition) is 6. The Bertz CT molecular complexity index is 927. The van der Waals surface area contributed by atoms with E-state index in [0.717, 1.165) is 56.2 Å². The number of benzene rings is 1. The number of sulfonamides is 1. The number of hydrogen-bond donors (Lipinski definition) is 2.